The van der Waals surface area contributed by atoms with Crippen LogP contribution in [-0.2, 0) is 9.47 Å². The summed E-state index contributed by atoms with van der Waals surface area (Å²) in [5.74, 6) is -0.0349. The number of halogens is 2. The Bertz CT molecular complexity index is 1090. The summed E-state index contributed by atoms with van der Waals surface area (Å²) in [5, 5.41) is 0.525. The van der Waals surface area contributed by atoms with Gasteiger partial charge in [-0.25, -0.2) is 9.59 Å². The summed E-state index contributed by atoms with van der Waals surface area (Å²) in [6.07, 6.45) is 0.792. The fraction of sp³-hybridized carbons (Fsp3) is 0.500. The van der Waals surface area contributed by atoms with Crippen LogP contribution < -0.4 is 4.74 Å². The molecule has 36 heavy (non-hydrogen) atoms. The molecule has 2 heterocycles. The number of nitrogens with zero attached hydrogens (tertiary/aromatic N) is 3. The summed E-state index contributed by atoms with van der Waals surface area (Å²) in [5.41, 5.74) is 1.49. The zero-order valence-electron chi connectivity index (χ0n) is 21.5. The average Bonchev–Trinajstić information content (AvgIpc) is 2.79. The fourth-order valence-corrected chi connectivity index (χ4v) is 4.55. The van der Waals surface area contributed by atoms with E-state index in [4.69, 9.17) is 25.8 Å². The van der Waals surface area contributed by atoms with Gasteiger partial charge in [-0.1, -0.05) is 11.6 Å². The quantitative estimate of drug-likeness (QED) is 0.309. The van der Waals surface area contributed by atoms with Gasteiger partial charge in [-0.3, -0.25) is 9.88 Å². The predicted molar refractivity (Wildman–Crippen MR) is 147 cm³/mol. The first-order valence-electron chi connectivity index (χ1n) is 11.8. The van der Waals surface area contributed by atoms with Crippen molar-refractivity contribution in [2.75, 3.05) is 33.3 Å². The number of piperazine rings is 1. The van der Waals surface area contributed by atoms with Gasteiger partial charge >= 0.3 is 12.1 Å². The summed E-state index contributed by atoms with van der Waals surface area (Å²) in [4.78, 5) is 33.6. The lowest BCUT2D eigenvalue weighted by molar-refractivity contribution is -0.00317. The molecule has 10 heteroatoms. The van der Waals surface area contributed by atoms with Crippen LogP contribution in [0.5, 0.6) is 5.75 Å². The number of aryl methyl sites for hydroxylation is 1. The highest BCUT2D eigenvalue weighted by molar-refractivity contribution is 14.1. The number of pyridine rings is 1. The topological polar surface area (TPSA) is 81.2 Å². The van der Waals surface area contributed by atoms with Crippen LogP contribution in [0.4, 0.5) is 4.79 Å². The van der Waals surface area contributed by atoms with E-state index in [1.54, 1.807) is 23.2 Å². The van der Waals surface area contributed by atoms with Crippen LogP contribution >= 0.6 is 34.2 Å². The van der Waals surface area contributed by atoms with Gasteiger partial charge in [0.1, 0.15) is 16.9 Å². The van der Waals surface area contributed by atoms with Crippen molar-refractivity contribution < 1.29 is 23.8 Å². The smallest absolute Gasteiger partial charge is 0.410 e. The third-order valence-electron chi connectivity index (χ3n) is 5.78. The van der Waals surface area contributed by atoms with Gasteiger partial charge in [-0.15, -0.1) is 0 Å². The van der Waals surface area contributed by atoms with E-state index in [1.807, 2.05) is 46.8 Å². The Labute approximate surface area is 231 Å². The Kier molecular flexibility index (Phi) is 9.45. The van der Waals surface area contributed by atoms with E-state index < -0.39 is 17.7 Å². The Morgan fingerprint density at radius 2 is 1.97 bits per heavy atom. The van der Waals surface area contributed by atoms with Crippen molar-refractivity contribution in [1.82, 2.24) is 14.8 Å². The van der Waals surface area contributed by atoms with Crippen molar-refractivity contribution in [3.8, 4) is 5.75 Å². The molecule has 196 valence electrons. The van der Waals surface area contributed by atoms with E-state index in [2.05, 4.69) is 32.5 Å². The van der Waals surface area contributed by atoms with E-state index in [1.165, 1.54) is 7.11 Å². The molecule has 1 aromatic carbocycles. The second-order valence-electron chi connectivity index (χ2n) is 9.88. The zero-order chi connectivity index (χ0) is 26.6. The molecule has 3 rings (SSSR count). The molecule has 1 unspecified atom stereocenters. The minimum atomic E-state index is -0.546. The van der Waals surface area contributed by atoms with E-state index >= 15 is 0 Å². The number of benzene rings is 1. The molecule has 2 aromatic rings. The summed E-state index contributed by atoms with van der Waals surface area (Å²) < 4.78 is 18.0. The van der Waals surface area contributed by atoms with Crippen molar-refractivity contribution in [1.29, 1.82) is 0 Å². The molecule has 1 aromatic heterocycles. The number of esters is 1. The summed E-state index contributed by atoms with van der Waals surface area (Å²) >= 11 is 8.26. The number of carbonyl (C=O) groups is 2. The van der Waals surface area contributed by atoms with Gasteiger partial charge in [0.15, 0.2) is 6.10 Å². The van der Waals surface area contributed by atoms with Crippen molar-refractivity contribution in [2.45, 2.75) is 52.4 Å². The Hall–Kier alpha value is -2.11. The summed E-state index contributed by atoms with van der Waals surface area (Å²) in [6, 6.07) is 7.16. The predicted octanol–water partition coefficient (Wildman–Crippen LogP) is 5.50. The van der Waals surface area contributed by atoms with Crippen molar-refractivity contribution >= 4 is 46.3 Å². The highest BCUT2D eigenvalue weighted by atomic mass is 127. The largest absolute Gasteiger partial charge is 0.482 e. The van der Waals surface area contributed by atoms with Gasteiger partial charge < -0.3 is 19.1 Å². The maximum absolute atomic E-state index is 12.6. The van der Waals surface area contributed by atoms with Crippen LogP contribution in [0.2, 0.25) is 5.02 Å². The standard InChI is InChI=1S/C26H33ClIN3O5/c1-16-11-22(19(12-20(16)28)24(32)34-6)35-23(21-8-7-18(27)13-29-21)15-30-9-10-31(17(2)14-30)25(33)36-26(3,4)5/h7-8,11-13,17,23H,9-10,14-15H2,1-6H3/t17-,23?/m1/s1. The molecule has 0 spiro atoms. The molecule has 0 aliphatic carbocycles. The van der Waals surface area contributed by atoms with Crippen molar-refractivity contribution in [2.24, 2.45) is 0 Å². The molecule has 0 radical (unpaired) electrons. The maximum atomic E-state index is 12.6. The van der Waals surface area contributed by atoms with Crippen LogP contribution in [0.25, 0.3) is 0 Å². The molecule has 0 bridgehead atoms. The molecule has 0 N–H and O–H groups in total. The van der Waals surface area contributed by atoms with Gasteiger partial charge in [0.05, 0.1) is 17.8 Å². The minimum absolute atomic E-state index is 0.0430. The van der Waals surface area contributed by atoms with Crippen LogP contribution in [-0.4, -0.2) is 71.8 Å². The number of ether oxygens (including phenoxy) is 3. The van der Waals surface area contributed by atoms with E-state index in [9.17, 15) is 9.59 Å². The fourth-order valence-electron chi connectivity index (χ4n) is 3.97. The van der Waals surface area contributed by atoms with Crippen molar-refractivity contribution in [3.05, 3.63) is 55.9 Å². The molecule has 8 nitrogen and oxygen atoms in total. The lowest BCUT2D eigenvalue weighted by atomic mass is 10.1. The van der Waals surface area contributed by atoms with Crippen LogP contribution in [0.3, 0.4) is 0 Å². The van der Waals surface area contributed by atoms with E-state index in [0.29, 0.717) is 48.2 Å². The molecule has 2 atom stereocenters. The van der Waals surface area contributed by atoms with Crippen LogP contribution in [0.1, 0.15) is 55.4 Å². The molecule has 1 saturated heterocycles. The van der Waals surface area contributed by atoms with E-state index in [-0.39, 0.29) is 12.1 Å². The first-order chi connectivity index (χ1) is 16.9. The van der Waals surface area contributed by atoms with Gasteiger partial charge in [0.2, 0.25) is 0 Å². The second kappa shape index (κ2) is 12.0. The number of rotatable bonds is 6. The third-order valence-corrected chi connectivity index (χ3v) is 7.16. The third kappa shape index (κ3) is 7.45. The summed E-state index contributed by atoms with van der Waals surface area (Å²) in [6.45, 7) is 11.9. The number of hydrogen-bond acceptors (Lipinski definition) is 7. The lowest BCUT2D eigenvalue weighted by Gasteiger charge is -2.41. The van der Waals surface area contributed by atoms with Gasteiger partial charge in [-0.2, -0.15) is 0 Å². The number of amides is 1. The molecule has 1 amide bonds. The van der Waals surface area contributed by atoms with E-state index in [0.717, 1.165) is 9.13 Å². The monoisotopic (exact) mass is 629 g/mol. The molecule has 1 aliphatic rings. The highest BCUT2D eigenvalue weighted by Gasteiger charge is 2.32. The zero-order valence-corrected chi connectivity index (χ0v) is 24.4. The average molecular weight is 630 g/mol. The lowest BCUT2D eigenvalue weighted by Crippen LogP contribution is -2.55. The van der Waals surface area contributed by atoms with Gasteiger partial charge in [0.25, 0.3) is 0 Å². The van der Waals surface area contributed by atoms with Crippen molar-refractivity contribution in [3.63, 3.8) is 0 Å². The molecule has 1 fully saturated rings. The second-order valence-corrected chi connectivity index (χ2v) is 11.5. The van der Waals surface area contributed by atoms with Gasteiger partial charge in [0, 0.05) is 42.0 Å². The molecular formula is C26H33ClIN3O5. The number of methoxy groups -OCH3 is 1. The Morgan fingerprint density at radius 1 is 1.25 bits per heavy atom. The highest BCUT2D eigenvalue weighted by Crippen LogP contribution is 2.31. The minimum Gasteiger partial charge on any atom is -0.482 e. The molecular weight excluding hydrogens is 597 g/mol. The number of aromatic nitrogens is 1. The van der Waals surface area contributed by atoms with Crippen LogP contribution in [0.15, 0.2) is 30.5 Å². The molecule has 1 aliphatic heterocycles. The first-order valence-corrected chi connectivity index (χ1v) is 13.2. The molecule has 0 saturated carbocycles. The number of carbonyl (C=O) groups excluding carboxylic acids is 2. The normalized spacial score (nSPS) is 17.4. The van der Waals surface area contributed by atoms with Crippen LogP contribution in [0, 0.1) is 10.5 Å². The Morgan fingerprint density at radius 3 is 2.56 bits per heavy atom. The van der Waals surface area contributed by atoms with Gasteiger partial charge in [-0.05, 0) is 87.0 Å². The first kappa shape index (κ1) is 28.5. The maximum Gasteiger partial charge on any atom is 0.410 e. The Balaban J connectivity index is 1.83. The summed E-state index contributed by atoms with van der Waals surface area (Å²) in [7, 11) is 1.35. The number of hydrogen-bond donors (Lipinski definition) is 0. The SMILES string of the molecule is COC(=O)c1cc(I)c(C)cc1OC(CN1CCN(C(=O)OC(C)(C)C)[C@H](C)C1)c1ccc(Cl)cn1.